The monoisotopic (exact) mass is 359 g/mol. The number of ether oxygens (including phenoxy) is 2. The van der Waals surface area contributed by atoms with Crippen molar-refractivity contribution in [2.75, 3.05) is 33.4 Å². The van der Waals surface area contributed by atoms with Crippen molar-refractivity contribution in [3.63, 3.8) is 0 Å². The molecule has 0 aliphatic rings. The van der Waals surface area contributed by atoms with E-state index in [9.17, 15) is 0 Å². The average molecular weight is 359 g/mol. The first kappa shape index (κ1) is 19.8. The molecule has 0 unspecified atom stereocenters. The number of nitrogens with zero attached hydrogens (tertiary/aromatic N) is 1. The minimum absolute atomic E-state index is 0.542. The van der Waals surface area contributed by atoms with E-state index in [0.29, 0.717) is 26.4 Å². The highest BCUT2D eigenvalue weighted by molar-refractivity contribution is 5.79. The molecule has 0 atom stereocenters. The Balaban J connectivity index is 1.83. The molecule has 2 rings (SSSR count). The summed E-state index contributed by atoms with van der Waals surface area (Å²) in [6.07, 6.45) is 2.50. The van der Waals surface area contributed by atoms with Crippen molar-refractivity contribution in [2.24, 2.45) is 4.99 Å². The van der Waals surface area contributed by atoms with Crippen LogP contribution in [0.4, 0.5) is 0 Å². The minimum Gasteiger partial charge on any atom is -0.491 e. The van der Waals surface area contributed by atoms with Gasteiger partial charge in [0, 0.05) is 38.7 Å². The predicted molar refractivity (Wildman–Crippen MR) is 104 cm³/mol. The third-order valence-corrected chi connectivity index (χ3v) is 3.83. The van der Waals surface area contributed by atoms with Crippen molar-refractivity contribution in [1.82, 2.24) is 10.6 Å². The van der Waals surface area contributed by atoms with Crippen LogP contribution in [0.1, 0.15) is 23.8 Å². The number of nitrogens with one attached hydrogen (secondary N) is 2. The number of hydrogen-bond donors (Lipinski definition) is 2. The van der Waals surface area contributed by atoms with E-state index < -0.39 is 0 Å². The van der Waals surface area contributed by atoms with Crippen LogP contribution >= 0.6 is 0 Å². The van der Waals surface area contributed by atoms with Gasteiger partial charge in [-0.2, -0.15) is 0 Å². The van der Waals surface area contributed by atoms with Crippen LogP contribution in [-0.2, 0) is 17.7 Å². The van der Waals surface area contributed by atoms with Gasteiger partial charge in [0.2, 0.25) is 0 Å². The van der Waals surface area contributed by atoms with Gasteiger partial charge in [0.15, 0.2) is 5.96 Å². The quantitative estimate of drug-likeness (QED) is 0.388. The number of aliphatic imine (C=N–C) groups is 1. The zero-order chi connectivity index (χ0) is 18.6. The Morgan fingerprint density at radius 3 is 2.81 bits per heavy atom. The van der Waals surface area contributed by atoms with Crippen molar-refractivity contribution in [3.05, 3.63) is 53.5 Å². The molecule has 1 aromatic carbocycles. The first-order valence-electron chi connectivity index (χ1n) is 9.00. The summed E-state index contributed by atoms with van der Waals surface area (Å²) in [5.41, 5.74) is 2.25. The molecule has 2 N–H and O–H groups in total. The fraction of sp³-hybridized carbons (Fsp3) is 0.450. The van der Waals surface area contributed by atoms with Crippen molar-refractivity contribution in [3.8, 4) is 5.75 Å². The van der Waals surface area contributed by atoms with Gasteiger partial charge in [0.25, 0.3) is 0 Å². The normalized spacial score (nSPS) is 11.4. The van der Waals surface area contributed by atoms with Crippen LogP contribution in [-0.4, -0.2) is 39.4 Å². The van der Waals surface area contributed by atoms with Crippen LogP contribution in [0.15, 0.2) is 46.0 Å². The number of furan rings is 1. The Kier molecular flexibility index (Phi) is 8.55. The van der Waals surface area contributed by atoms with Crippen molar-refractivity contribution < 1.29 is 13.9 Å². The van der Waals surface area contributed by atoms with Crippen LogP contribution in [0.2, 0.25) is 0 Å². The Morgan fingerprint density at radius 2 is 2.08 bits per heavy atom. The molecular weight excluding hydrogens is 330 g/mol. The van der Waals surface area contributed by atoms with Gasteiger partial charge in [-0.15, -0.1) is 0 Å². The van der Waals surface area contributed by atoms with Gasteiger partial charge in [-0.3, -0.25) is 4.99 Å². The summed E-state index contributed by atoms with van der Waals surface area (Å²) in [7, 11) is 1.76. The zero-order valence-corrected chi connectivity index (χ0v) is 15.9. The van der Waals surface area contributed by atoms with E-state index in [1.807, 2.05) is 19.1 Å². The smallest absolute Gasteiger partial charge is 0.191 e. The molecule has 6 nitrogen and oxygen atoms in total. The Hall–Kier alpha value is -2.47. The van der Waals surface area contributed by atoms with E-state index >= 15 is 0 Å². The van der Waals surface area contributed by atoms with Gasteiger partial charge >= 0.3 is 0 Å². The standard InChI is InChI=1S/C20H29N3O3/c1-4-24-12-13-26-19-14-16(2)7-8-17(19)15-23-20(21-3)22-10-9-18-6-5-11-25-18/h5-8,11,14H,4,9-10,12-13,15H2,1-3H3,(H2,21,22,23). The summed E-state index contributed by atoms with van der Waals surface area (Å²) < 4.78 is 16.5. The maximum Gasteiger partial charge on any atom is 0.191 e. The molecule has 2 aromatic rings. The molecule has 0 saturated carbocycles. The lowest BCUT2D eigenvalue weighted by Gasteiger charge is -2.15. The summed E-state index contributed by atoms with van der Waals surface area (Å²) in [5, 5.41) is 6.61. The molecule has 0 bridgehead atoms. The molecule has 0 aliphatic carbocycles. The molecule has 6 heteroatoms. The lowest BCUT2D eigenvalue weighted by atomic mass is 10.1. The Bertz CT molecular complexity index is 669. The van der Waals surface area contributed by atoms with Crippen LogP contribution in [0.5, 0.6) is 5.75 Å². The topological polar surface area (TPSA) is 68.0 Å². The van der Waals surface area contributed by atoms with Crippen LogP contribution < -0.4 is 15.4 Å². The maximum atomic E-state index is 5.88. The maximum absolute atomic E-state index is 5.88. The fourth-order valence-electron chi connectivity index (χ4n) is 2.46. The van der Waals surface area contributed by atoms with Gasteiger partial charge < -0.3 is 24.5 Å². The highest BCUT2D eigenvalue weighted by Crippen LogP contribution is 2.20. The van der Waals surface area contributed by atoms with Crippen molar-refractivity contribution >= 4 is 5.96 Å². The molecule has 0 saturated heterocycles. The summed E-state index contributed by atoms with van der Waals surface area (Å²) in [6.45, 7) is 7.25. The molecular formula is C20H29N3O3. The zero-order valence-electron chi connectivity index (χ0n) is 15.9. The van der Waals surface area contributed by atoms with Gasteiger partial charge in [-0.25, -0.2) is 0 Å². The number of hydrogen-bond acceptors (Lipinski definition) is 4. The van der Waals surface area contributed by atoms with Gasteiger partial charge in [-0.1, -0.05) is 12.1 Å². The summed E-state index contributed by atoms with van der Waals surface area (Å²) in [5.74, 6) is 2.58. The van der Waals surface area contributed by atoms with Crippen LogP contribution in [0, 0.1) is 6.92 Å². The second-order valence-electron chi connectivity index (χ2n) is 5.84. The predicted octanol–water partition coefficient (Wildman–Crippen LogP) is 2.91. The largest absolute Gasteiger partial charge is 0.491 e. The second-order valence-corrected chi connectivity index (χ2v) is 5.84. The highest BCUT2D eigenvalue weighted by Gasteiger charge is 2.06. The second kappa shape index (κ2) is 11.2. The molecule has 26 heavy (non-hydrogen) atoms. The van der Waals surface area contributed by atoms with Crippen molar-refractivity contribution in [1.29, 1.82) is 0 Å². The molecule has 0 amide bonds. The van der Waals surface area contributed by atoms with E-state index in [4.69, 9.17) is 13.9 Å². The Labute approximate surface area is 155 Å². The third kappa shape index (κ3) is 6.80. The van der Waals surface area contributed by atoms with E-state index in [0.717, 1.165) is 36.0 Å². The molecule has 1 aromatic heterocycles. The average Bonchev–Trinajstić information content (AvgIpc) is 3.16. The molecule has 0 fully saturated rings. The van der Waals surface area contributed by atoms with E-state index in [2.05, 4.69) is 40.7 Å². The van der Waals surface area contributed by atoms with E-state index in [1.165, 1.54) is 5.56 Å². The Morgan fingerprint density at radius 1 is 1.19 bits per heavy atom. The molecule has 0 radical (unpaired) electrons. The van der Waals surface area contributed by atoms with E-state index in [1.54, 1.807) is 13.3 Å². The minimum atomic E-state index is 0.542. The van der Waals surface area contributed by atoms with E-state index in [-0.39, 0.29) is 0 Å². The number of rotatable bonds is 10. The summed E-state index contributed by atoms with van der Waals surface area (Å²) in [6, 6.07) is 10.1. The first-order chi connectivity index (χ1) is 12.7. The van der Waals surface area contributed by atoms with Crippen LogP contribution in [0.25, 0.3) is 0 Å². The number of aryl methyl sites for hydroxylation is 1. The number of guanidine groups is 1. The SMILES string of the molecule is CCOCCOc1cc(C)ccc1CNC(=NC)NCCc1ccco1. The third-order valence-electron chi connectivity index (χ3n) is 3.83. The number of benzene rings is 1. The van der Waals surface area contributed by atoms with Gasteiger partial charge in [0.05, 0.1) is 12.9 Å². The lowest BCUT2D eigenvalue weighted by molar-refractivity contribution is 0.110. The molecule has 142 valence electrons. The first-order valence-corrected chi connectivity index (χ1v) is 9.00. The van der Waals surface area contributed by atoms with Crippen LogP contribution in [0.3, 0.4) is 0 Å². The summed E-state index contributed by atoms with van der Waals surface area (Å²) in [4.78, 5) is 4.26. The van der Waals surface area contributed by atoms with Gasteiger partial charge in [-0.05, 0) is 37.6 Å². The molecule has 0 spiro atoms. The lowest BCUT2D eigenvalue weighted by Crippen LogP contribution is -2.37. The molecule has 1 heterocycles. The van der Waals surface area contributed by atoms with Crippen molar-refractivity contribution in [2.45, 2.75) is 26.8 Å². The van der Waals surface area contributed by atoms with Gasteiger partial charge in [0.1, 0.15) is 18.1 Å². The highest BCUT2D eigenvalue weighted by atomic mass is 16.5. The fourth-order valence-corrected chi connectivity index (χ4v) is 2.46. The summed E-state index contributed by atoms with van der Waals surface area (Å²) >= 11 is 0. The molecule has 0 aliphatic heterocycles.